The van der Waals surface area contributed by atoms with E-state index < -0.39 is 59.8 Å². The molecule has 0 radical (unpaired) electrons. The Morgan fingerprint density at radius 1 is 0.553 bits per heavy atom. The highest BCUT2D eigenvalue weighted by atomic mass is 19.4. The molecule has 0 aliphatic rings. The van der Waals surface area contributed by atoms with Crippen molar-refractivity contribution in [2.24, 2.45) is 0 Å². The van der Waals surface area contributed by atoms with Gasteiger partial charge in [-0.15, -0.1) is 0 Å². The Balaban J connectivity index is 2.49. The predicted octanol–water partition coefficient (Wildman–Crippen LogP) is 8.81. The molecule has 0 amide bonds. The predicted molar refractivity (Wildman–Crippen MR) is 102 cm³/mol. The van der Waals surface area contributed by atoms with Crippen molar-refractivity contribution in [3.8, 4) is 11.1 Å². The Kier molecular flexibility index (Phi) is 8.16. The summed E-state index contributed by atoms with van der Waals surface area (Å²) in [4.78, 5) is 0. The standard InChI is InChI=1S/C22H15F15O/c1-38-15(14-9-5-8-13(10-14)12-6-3-2-4-7-12)11-16(23,24)17(25,26)18(27,28)19(29,30)20(31,32)21(33,34)22(35,36)37/h2-10,15H,11H2,1H3. The molecule has 1 nitrogen and oxygen atoms in total. The summed E-state index contributed by atoms with van der Waals surface area (Å²) < 4.78 is 206. The van der Waals surface area contributed by atoms with Crippen molar-refractivity contribution >= 4 is 0 Å². The summed E-state index contributed by atoms with van der Waals surface area (Å²) in [6.45, 7) is 0. The van der Waals surface area contributed by atoms with E-state index in [0.717, 1.165) is 12.1 Å². The fourth-order valence-electron chi connectivity index (χ4n) is 3.25. The van der Waals surface area contributed by atoms with Gasteiger partial charge in [0.25, 0.3) is 0 Å². The molecule has 214 valence electrons. The van der Waals surface area contributed by atoms with Gasteiger partial charge in [-0.2, -0.15) is 65.9 Å². The lowest BCUT2D eigenvalue weighted by Gasteiger charge is -2.42. The van der Waals surface area contributed by atoms with Crippen molar-refractivity contribution < 1.29 is 70.6 Å². The summed E-state index contributed by atoms with van der Waals surface area (Å²) in [7, 11) is 0.610. The van der Waals surface area contributed by atoms with Crippen LogP contribution in [-0.4, -0.2) is 48.8 Å². The highest BCUT2D eigenvalue weighted by Crippen LogP contribution is 2.63. The third-order valence-corrected chi connectivity index (χ3v) is 5.48. The minimum absolute atomic E-state index is 0.256. The van der Waals surface area contributed by atoms with Crippen LogP contribution in [0.1, 0.15) is 18.1 Å². The zero-order valence-corrected chi connectivity index (χ0v) is 18.6. The number of halogens is 15. The minimum Gasteiger partial charge on any atom is -0.377 e. The Morgan fingerprint density at radius 3 is 1.47 bits per heavy atom. The molecular formula is C22H15F15O. The second kappa shape index (κ2) is 9.83. The van der Waals surface area contributed by atoms with Gasteiger partial charge >= 0.3 is 41.7 Å². The van der Waals surface area contributed by atoms with Crippen LogP contribution in [0.15, 0.2) is 54.6 Å². The molecule has 0 bridgehead atoms. The molecule has 0 aliphatic carbocycles. The van der Waals surface area contributed by atoms with Gasteiger partial charge < -0.3 is 4.74 Å². The third-order valence-electron chi connectivity index (χ3n) is 5.48. The van der Waals surface area contributed by atoms with Crippen LogP contribution in [0.25, 0.3) is 11.1 Å². The number of rotatable bonds is 10. The Hall–Kier alpha value is -2.65. The average Bonchev–Trinajstić information content (AvgIpc) is 2.81. The maximum absolute atomic E-state index is 14.4. The van der Waals surface area contributed by atoms with Crippen LogP contribution in [0.5, 0.6) is 0 Å². The molecule has 0 saturated heterocycles. The molecule has 38 heavy (non-hydrogen) atoms. The first-order chi connectivity index (χ1) is 17.0. The van der Waals surface area contributed by atoms with Crippen molar-refractivity contribution in [2.75, 3.05) is 7.11 Å². The molecule has 16 heteroatoms. The maximum Gasteiger partial charge on any atom is 0.460 e. The smallest absolute Gasteiger partial charge is 0.377 e. The van der Waals surface area contributed by atoms with Gasteiger partial charge in [0.05, 0.1) is 6.10 Å². The van der Waals surface area contributed by atoms with Crippen molar-refractivity contribution in [1.82, 2.24) is 0 Å². The van der Waals surface area contributed by atoms with Gasteiger partial charge in [0.15, 0.2) is 0 Å². The number of ether oxygens (including phenoxy) is 1. The fraction of sp³-hybridized carbons (Fsp3) is 0.455. The summed E-state index contributed by atoms with van der Waals surface area (Å²) in [5.74, 6) is -46.7. The van der Waals surface area contributed by atoms with Gasteiger partial charge in [-0.1, -0.05) is 48.5 Å². The monoisotopic (exact) mass is 580 g/mol. The summed E-state index contributed by atoms with van der Waals surface area (Å²) in [5.41, 5.74) is 0.291. The molecule has 2 aromatic carbocycles. The molecule has 0 spiro atoms. The van der Waals surface area contributed by atoms with E-state index in [9.17, 15) is 65.9 Å². The maximum atomic E-state index is 14.4. The number of methoxy groups -OCH3 is 1. The van der Waals surface area contributed by atoms with Crippen LogP contribution in [-0.2, 0) is 4.74 Å². The van der Waals surface area contributed by atoms with Crippen molar-refractivity contribution in [2.45, 2.75) is 54.2 Å². The second-order valence-electron chi connectivity index (χ2n) is 7.99. The molecule has 2 rings (SSSR count). The molecule has 2 aromatic rings. The second-order valence-corrected chi connectivity index (χ2v) is 7.99. The van der Waals surface area contributed by atoms with Gasteiger partial charge in [-0.3, -0.25) is 0 Å². The molecule has 1 atom stereocenters. The van der Waals surface area contributed by atoms with E-state index in [2.05, 4.69) is 4.74 Å². The topological polar surface area (TPSA) is 9.23 Å². The highest BCUT2D eigenvalue weighted by Gasteiger charge is 2.93. The van der Waals surface area contributed by atoms with Gasteiger partial charge in [0.1, 0.15) is 0 Å². The minimum atomic E-state index is -8.32. The first kappa shape index (κ1) is 31.6. The lowest BCUT2D eigenvalue weighted by molar-refractivity contribution is -0.453. The molecule has 0 N–H and O–H groups in total. The molecule has 0 aliphatic heterocycles. The average molecular weight is 580 g/mol. The number of alkyl halides is 15. The van der Waals surface area contributed by atoms with Gasteiger partial charge in [0.2, 0.25) is 0 Å². The van der Waals surface area contributed by atoms with Crippen LogP contribution >= 0.6 is 0 Å². The van der Waals surface area contributed by atoms with E-state index in [1.807, 2.05) is 0 Å². The first-order valence-electron chi connectivity index (χ1n) is 10.0. The number of hydrogen-bond acceptors (Lipinski definition) is 1. The van der Waals surface area contributed by atoms with E-state index >= 15 is 0 Å². The molecule has 0 fully saturated rings. The van der Waals surface area contributed by atoms with E-state index in [4.69, 9.17) is 0 Å². The van der Waals surface area contributed by atoms with E-state index in [1.54, 1.807) is 18.2 Å². The molecule has 0 heterocycles. The first-order valence-corrected chi connectivity index (χ1v) is 10.0. The molecule has 1 unspecified atom stereocenters. The van der Waals surface area contributed by atoms with Crippen LogP contribution in [0.3, 0.4) is 0 Å². The third kappa shape index (κ3) is 4.91. The van der Waals surface area contributed by atoms with Crippen molar-refractivity contribution in [3.63, 3.8) is 0 Å². The summed E-state index contributed by atoms with van der Waals surface area (Å²) in [5, 5.41) is 0. The van der Waals surface area contributed by atoms with Crippen LogP contribution < -0.4 is 0 Å². The Morgan fingerprint density at radius 2 is 1.00 bits per heavy atom. The van der Waals surface area contributed by atoms with Crippen LogP contribution in [0.4, 0.5) is 65.9 Å². The van der Waals surface area contributed by atoms with E-state index in [1.165, 1.54) is 24.3 Å². The van der Waals surface area contributed by atoms with E-state index in [-0.39, 0.29) is 5.56 Å². The normalized spacial score (nSPS) is 15.5. The summed E-state index contributed by atoms with van der Waals surface area (Å²) in [6, 6.07) is 12.3. The zero-order chi connectivity index (χ0) is 29.6. The highest BCUT2D eigenvalue weighted by molar-refractivity contribution is 5.64. The van der Waals surface area contributed by atoms with Crippen molar-refractivity contribution in [1.29, 1.82) is 0 Å². The lowest BCUT2D eigenvalue weighted by Crippen LogP contribution is -2.72. The summed E-state index contributed by atoms with van der Waals surface area (Å²) >= 11 is 0. The molecular weight excluding hydrogens is 565 g/mol. The van der Waals surface area contributed by atoms with E-state index in [0.29, 0.717) is 12.7 Å². The van der Waals surface area contributed by atoms with Gasteiger partial charge in [-0.25, -0.2) is 0 Å². The van der Waals surface area contributed by atoms with Crippen LogP contribution in [0, 0.1) is 0 Å². The van der Waals surface area contributed by atoms with Gasteiger partial charge in [0, 0.05) is 13.5 Å². The summed E-state index contributed by atoms with van der Waals surface area (Å²) in [6.07, 6.45) is -12.5. The molecule has 0 aromatic heterocycles. The Labute approximate surface area is 204 Å². The molecule has 0 saturated carbocycles. The zero-order valence-electron chi connectivity index (χ0n) is 18.6. The van der Waals surface area contributed by atoms with Crippen LogP contribution in [0.2, 0.25) is 0 Å². The largest absolute Gasteiger partial charge is 0.460 e. The lowest BCUT2D eigenvalue weighted by atomic mass is 9.88. The fourth-order valence-corrected chi connectivity index (χ4v) is 3.25. The SMILES string of the molecule is COC(CC(F)(F)C(F)(F)C(F)(F)C(F)(F)C(F)(F)C(F)(F)C(F)(F)F)c1cccc(-c2ccccc2)c1. The van der Waals surface area contributed by atoms with Gasteiger partial charge in [-0.05, 0) is 22.8 Å². The Bertz CT molecular complexity index is 1090. The quantitative estimate of drug-likeness (QED) is 0.255. The number of benzene rings is 2. The number of hydrogen-bond donors (Lipinski definition) is 0. The van der Waals surface area contributed by atoms with Crippen molar-refractivity contribution in [3.05, 3.63) is 60.2 Å².